The molecule has 0 bridgehead atoms. The van der Waals surface area contributed by atoms with Gasteiger partial charge in [-0.25, -0.2) is 18.6 Å². The monoisotopic (exact) mass is 493 g/mol. The second-order valence-electron chi connectivity index (χ2n) is 9.94. The largest absolute Gasteiger partial charge is 0.222 e. The summed E-state index contributed by atoms with van der Waals surface area (Å²) < 4.78 is 36.4. The minimum Gasteiger partial charge on any atom is -0.222 e. The molecule has 1 aromatic carbocycles. The number of fused-ring (bicyclic) bond motifs is 1. The number of hydrogen-bond donors (Lipinski definition) is 0. The summed E-state index contributed by atoms with van der Waals surface area (Å²) in [6.45, 7) is 14.5. The molecule has 0 amide bonds. The normalized spacial score (nSPS) is 11.8. The number of halogens is 1. The molecule has 0 radical (unpaired) electrons. The van der Waals surface area contributed by atoms with Gasteiger partial charge in [0.1, 0.15) is 0 Å². The van der Waals surface area contributed by atoms with E-state index in [4.69, 9.17) is 18.6 Å². The van der Waals surface area contributed by atoms with Gasteiger partial charge in [0.15, 0.2) is 17.9 Å². The predicted octanol–water partition coefficient (Wildman–Crippen LogP) is 2.26. The summed E-state index contributed by atoms with van der Waals surface area (Å²) in [5.74, 6) is 0. The van der Waals surface area contributed by atoms with Crippen LogP contribution in [0.5, 0.6) is 0 Å². The highest BCUT2D eigenvalue weighted by Gasteiger charge is 2.26. The third-order valence-electron chi connectivity index (χ3n) is 6.05. The van der Waals surface area contributed by atoms with E-state index < -0.39 is 10.2 Å². The van der Waals surface area contributed by atoms with E-state index in [9.17, 15) is 0 Å². The molecule has 0 aliphatic heterocycles. The van der Waals surface area contributed by atoms with E-state index in [1.54, 1.807) is 0 Å². The number of pyridine rings is 1. The summed E-state index contributed by atoms with van der Waals surface area (Å²) >= 11 is 0. The summed E-state index contributed by atoms with van der Waals surface area (Å²) in [7, 11) is -4.94. The molecule has 1 aromatic heterocycles. The van der Waals surface area contributed by atoms with E-state index in [0.717, 1.165) is 6.54 Å². The van der Waals surface area contributed by atoms with Crippen molar-refractivity contribution in [1.82, 2.24) is 0 Å². The van der Waals surface area contributed by atoms with Crippen LogP contribution in [0.4, 0.5) is 0 Å². The van der Waals surface area contributed by atoms with Crippen molar-refractivity contribution in [1.29, 1.82) is 0 Å². The highest BCUT2D eigenvalue weighted by Crippen LogP contribution is 2.44. The Morgan fingerprint density at radius 1 is 0.714 bits per heavy atom. The summed E-state index contributed by atoms with van der Waals surface area (Å²) in [6, 6.07) is 26.8. The average molecular weight is 494 g/mol. The number of aryl methyl sites for hydroxylation is 3. The van der Waals surface area contributed by atoms with Crippen LogP contribution < -0.4 is 23.2 Å². The molecule has 6 heteroatoms. The van der Waals surface area contributed by atoms with E-state index in [2.05, 4.69) is 119 Å². The van der Waals surface area contributed by atoms with Crippen LogP contribution in [0.15, 0.2) is 72.8 Å². The standard InChI is InChI=1S/C29H32N.ClHO4/c1-20-12-14-24-18-27(29(4,5)6)28(26(24)15-13-20)25-16-21(2)30(22(3)17-25)19-23-10-8-7-9-11-23;2-1(3,4)5/h7-18H,19H2,1-6H3;(H,2,3,4,5)/q+1;/p-1. The van der Waals surface area contributed by atoms with Gasteiger partial charge in [0.05, 0.1) is 0 Å². The third kappa shape index (κ3) is 7.10. The molecule has 5 nitrogen and oxygen atoms in total. The van der Waals surface area contributed by atoms with Crippen LogP contribution in [0.3, 0.4) is 0 Å². The Hall–Kier alpha value is -2.80. The number of aromatic nitrogens is 1. The Balaban J connectivity index is 0.000000623. The van der Waals surface area contributed by atoms with Crippen molar-refractivity contribution in [3.8, 4) is 22.3 Å². The Morgan fingerprint density at radius 2 is 1.26 bits per heavy atom. The maximum atomic E-state index is 8.49. The second-order valence-corrected chi connectivity index (χ2v) is 10.7. The lowest BCUT2D eigenvalue weighted by Gasteiger charge is -2.21. The summed E-state index contributed by atoms with van der Waals surface area (Å²) in [6.07, 6.45) is 0. The number of hydrogen-bond acceptors (Lipinski definition) is 4. The Morgan fingerprint density at radius 3 is 1.80 bits per heavy atom. The van der Waals surface area contributed by atoms with E-state index in [-0.39, 0.29) is 5.41 Å². The molecule has 35 heavy (non-hydrogen) atoms. The van der Waals surface area contributed by atoms with Gasteiger partial charge in [0.25, 0.3) is 0 Å². The van der Waals surface area contributed by atoms with Crippen LogP contribution in [0.2, 0.25) is 0 Å². The van der Waals surface area contributed by atoms with Crippen molar-refractivity contribution in [3.63, 3.8) is 0 Å². The van der Waals surface area contributed by atoms with Crippen molar-refractivity contribution in [3.05, 3.63) is 101 Å². The van der Waals surface area contributed by atoms with Crippen LogP contribution in [-0.2, 0) is 12.0 Å². The zero-order chi connectivity index (χ0) is 26.0. The van der Waals surface area contributed by atoms with E-state index in [1.807, 2.05) is 0 Å². The second kappa shape index (κ2) is 10.4. The van der Waals surface area contributed by atoms with Gasteiger partial charge in [-0.05, 0) is 46.2 Å². The number of rotatable bonds is 3. The first-order valence-corrected chi connectivity index (χ1v) is 12.7. The molecule has 0 fully saturated rings. The molecule has 0 saturated heterocycles. The highest BCUT2D eigenvalue weighted by atomic mass is 35.7. The van der Waals surface area contributed by atoms with Crippen molar-refractivity contribution < 1.29 is 33.4 Å². The third-order valence-corrected chi connectivity index (χ3v) is 6.05. The highest BCUT2D eigenvalue weighted by molar-refractivity contribution is 5.90. The molecule has 0 N–H and O–H groups in total. The van der Waals surface area contributed by atoms with Crippen molar-refractivity contribution in [2.24, 2.45) is 0 Å². The lowest BCUT2D eigenvalue weighted by atomic mass is 9.84. The van der Waals surface area contributed by atoms with Gasteiger partial charge in [-0.3, -0.25) is 0 Å². The van der Waals surface area contributed by atoms with Crippen molar-refractivity contribution in [2.45, 2.75) is 53.5 Å². The maximum absolute atomic E-state index is 8.49. The Kier molecular flexibility index (Phi) is 8.00. The van der Waals surface area contributed by atoms with E-state index in [0.29, 0.717) is 0 Å². The van der Waals surface area contributed by atoms with Crippen molar-refractivity contribution >= 4 is 0 Å². The molecular weight excluding hydrogens is 462 g/mol. The summed E-state index contributed by atoms with van der Waals surface area (Å²) in [5.41, 5.74) is 12.1. The smallest absolute Gasteiger partial charge is 0.179 e. The van der Waals surface area contributed by atoms with Crippen LogP contribution in [0.25, 0.3) is 22.3 Å². The molecule has 2 aliphatic carbocycles. The van der Waals surface area contributed by atoms with Gasteiger partial charge in [-0.1, -0.05) is 80.9 Å². The SMILES string of the molecule is Cc1ccc2cc(C(C)(C)C)c(-c3cc(C)[n+](Cc4ccccc4)c(C)c3)c-2cc1.[O-][Cl+3]([O-])([O-])[O-]. The molecule has 4 rings (SSSR count). The average Bonchev–Trinajstić information content (AvgIpc) is 3.02. The van der Waals surface area contributed by atoms with Crippen LogP contribution >= 0.6 is 0 Å². The first-order valence-electron chi connectivity index (χ1n) is 11.4. The van der Waals surface area contributed by atoms with Gasteiger partial charge < -0.3 is 0 Å². The molecule has 2 aromatic rings. The maximum Gasteiger partial charge on any atom is 0.179 e. The Bertz CT molecular complexity index is 1250. The van der Waals surface area contributed by atoms with Gasteiger partial charge in [0.2, 0.25) is 0 Å². The van der Waals surface area contributed by atoms with Gasteiger partial charge in [-0.15, -0.1) is 10.2 Å². The zero-order valence-electron chi connectivity index (χ0n) is 21.1. The zero-order valence-corrected chi connectivity index (χ0v) is 21.8. The fourth-order valence-corrected chi connectivity index (χ4v) is 4.39. The van der Waals surface area contributed by atoms with Crippen LogP contribution in [-0.4, -0.2) is 0 Å². The van der Waals surface area contributed by atoms with Gasteiger partial charge >= 0.3 is 0 Å². The summed E-state index contributed by atoms with van der Waals surface area (Å²) in [5, 5.41) is 0. The Labute approximate surface area is 210 Å². The predicted molar refractivity (Wildman–Crippen MR) is 127 cm³/mol. The molecule has 2 aliphatic rings. The molecule has 1 heterocycles. The van der Waals surface area contributed by atoms with E-state index >= 15 is 0 Å². The summed E-state index contributed by atoms with van der Waals surface area (Å²) in [4.78, 5) is 0. The first kappa shape index (κ1) is 26.8. The molecular formula is C29H32ClNO4. The van der Waals surface area contributed by atoms with Gasteiger partial charge in [-0.2, -0.15) is 4.57 Å². The fourth-order valence-electron chi connectivity index (χ4n) is 4.39. The molecule has 0 atom stereocenters. The minimum absolute atomic E-state index is 0.0830. The number of benzene rings is 1. The topological polar surface area (TPSA) is 96.1 Å². The lowest BCUT2D eigenvalue weighted by molar-refractivity contribution is -2.00. The molecule has 0 saturated carbocycles. The first-order chi connectivity index (χ1) is 16.2. The van der Waals surface area contributed by atoms with Crippen molar-refractivity contribution in [2.75, 3.05) is 0 Å². The van der Waals surface area contributed by atoms with E-state index in [1.165, 1.54) is 50.3 Å². The molecule has 0 unspecified atom stereocenters. The molecule has 184 valence electrons. The fraction of sp³-hybridized carbons (Fsp3) is 0.276. The van der Waals surface area contributed by atoms with Crippen LogP contribution in [0, 0.1) is 31.0 Å². The number of nitrogens with zero attached hydrogens (tertiary/aromatic N) is 1. The van der Waals surface area contributed by atoms with Gasteiger partial charge in [0, 0.05) is 31.5 Å². The lowest BCUT2D eigenvalue weighted by Crippen LogP contribution is -2.68. The minimum atomic E-state index is -4.94. The van der Waals surface area contributed by atoms with Crippen LogP contribution in [0.1, 0.15) is 48.8 Å². The molecule has 0 spiro atoms. The quantitative estimate of drug-likeness (QED) is 0.409.